The number of nitrogens with zero attached hydrogens (tertiary/aromatic N) is 2. The second kappa shape index (κ2) is 11.7. The predicted molar refractivity (Wildman–Crippen MR) is 142 cm³/mol. The minimum absolute atomic E-state index is 0.203. The lowest BCUT2D eigenvalue weighted by Crippen LogP contribution is -2.55. The monoisotopic (exact) mass is 501 g/mol. The molecule has 192 valence electrons. The summed E-state index contributed by atoms with van der Waals surface area (Å²) in [5.41, 5.74) is 2.73. The maximum Gasteiger partial charge on any atom is 0.244 e. The third-order valence-corrected chi connectivity index (χ3v) is 6.93. The molecule has 2 aromatic carbocycles. The van der Waals surface area contributed by atoms with Gasteiger partial charge in [0.15, 0.2) is 0 Å². The van der Waals surface area contributed by atoms with Gasteiger partial charge in [0.25, 0.3) is 0 Å². The van der Waals surface area contributed by atoms with Crippen molar-refractivity contribution in [3.8, 4) is 0 Å². The number of carbonyl (C=O) groups excluding carboxylic acids is 2. The lowest BCUT2D eigenvalue weighted by Gasteiger charge is -2.35. The summed E-state index contributed by atoms with van der Waals surface area (Å²) >= 11 is 0. The second-order valence-electron chi connectivity index (χ2n) is 9.86. The van der Waals surface area contributed by atoms with Gasteiger partial charge in [0.1, 0.15) is 12.6 Å². The van der Waals surface area contributed by atoms with Crippen LogP contribution in [0.2, 0.25) is 0 Å². The molecule has 0 aliphatic heterocycles. The molecule has 0 saturated carbocycles. The third kappa shape index (κ3) is 7.82. The van der Waals surface area contributed by atoms with Crippen molar-refractivity contribution in [1.29, 1.82) is 0 Å². The molecule has 7 nitrogen and oxygen atoms in total. The fraction of sp³-hybridized carbons (Fsp3) is 0.481. The molecular formula is C27H39N3O4S. The Labute approximate surface area is 210 Å². The average molecular weight is 502 g/mol. The van der Waals surface area contributed by atoms with E-state index < -0.39 is 27.5 Å². The van der Waals surface area contributed by atoms with Crippen molar-refractivity contribution in [3.05, 3.63) is 65.2 Å². The summed E-state index contributed by atoms with van der Waals surface area (Å²) < 4.78 is 26.8. The van der Waals surface area contributed by atoms with E-state index in [1.54, 1.807) is 12.1 Å². The van der Waals surface area contributed by atoms with Gasteiger partial charge in [0.05, 0.1) is 11.9 Å². The maximum absolute atomic E-state index is 13.8. The Balaban J connectivity index is 2.51. The molecule has 0 aromatic heterocycles. The highest BCUT2D eigenvalue weighted by atomic mass is 32.2. The van der Waals surface area contributed by atoms with Crippen molar-refractivity contribution < 1.29 is 18.0 Å². The molecule has 35 heavy (non-hydrogen) atoms. The molecule has 2 aromatic rings. The van der Waals surface area contributed by atoms with Crippen LogP contribution in [0.1, 0.15) is 57.7 Å². The highest BCUT2D eigenvalue weighted by Crippen LogP contribution is 2.24. The van der Waals surface area contributed by atoms with Crippen molar-refractivity contribution in [2.45, 2.75) is 72.5 Å². The van der Waals surface area contributed by atoms with Crippen molar-refractivity contribution >= 4 is 27.5 Å². The van der Waals surface area contributed by atoms with Crippen molar-refractivity contribution in [2.75, 3.05) is 17.1 Å². The van der Waals surface area contributed by atoms with Gasteiger partial charge in [-0.15, -0.1) is 0 Å². The van der Waals surface area contributed by atoms with E-state index in [1.807, 2.05) is 77.9 Å². The van der Waals surface area contributed by atoms with Crippen LogP contribution in [0.4, 0.5) is 5.69 Å². The maximum atomic E-state index is 13.8. The number of para-hydroxylation sites is 1. The van der Waals surface area contributed by atoms with Gasteiger partial charge in [-0.05, 0) is 63.3 Å². The molecule has 8 heteroatoms. The first-order chi connectivity index (χ1) is 16.3. The van der Waals surface area contributed by atoms with Crippen LogP contribution in [0.15, 0.2) is 48.5 Å². The Morgan fingerprint density at radius 3 is 2.06 bits per heavy atom. The van der Waals surface area contributed by atoms with E-state index in [-0.39, 0.29) is 19.0 Å². The number of sulfonamides is 1. The van der Waals surface area contributed by atoms with E-state index in [2.05, 4.69) is 5.32 Å². The summed E-state index contributed by atoms with van der Waals surface area (Å²) in [4.78, 5) is 28.5. The Morgan fingerprint density at radius 2 is 1.54 bits per heavy atom. The van der Waals surface area contributed by atoms with Crippen LogP contribution in [-0.4, -0.2) is 49.5 Å². The summed E-state index contributed by atoms with van der Waals surface area (Å²) in [6.45, 7) is 11.2. The van der Waals surface area contributed by atoms with Crippen LogP contribution in [0.5, 0.6) is 0 Å². The summed E-state index contributed by atoms with van der Waals surface area (Å²) in [6.07, 6.45) is 2.11. The van der Waals surface area contributed by atoms with E-state index >= 15 is 0 Å². The first-order valence-electron chi connectivity index (χ1n) is 12.0. The number of benzene rings is 2. The molecule has 0 aliphatic rings. The normalized spacial score (nSPS) is 12.7. The lowest BCUT2D eigenvalue weighted by molar-refractivity contribution is -0.141. The predicted octanol–water partition coefficient (Wildman–Crippen LogP) is 4.05. The smallest absolute Gasteiger partial charge is 0.244 e. The van der Waals surface area contributed by atoms with E-state index in [0.717, 1.165) is 27.3 Å². The molecule has 0 unspecified atom stereocenters. The van der Waals surface area contributed by atoms with Gasteiger partial charge in [0.2, 0.25) is 21.8 Å². The van der Waals surface area contributed by atoms with Crippen LogP contribution in [0.3, 0.4) is 0 Å². The highest BCUT2D eigenvalue weighted by Gasteiger charge is 2.33. The fourth-order valence-electron chi connectivity index (χ4n) is 3.99. The molecule has 2 rings (SSSR count). The zero-order valence-corrected chi connectivity index (χ0v) is 22.8. The molecule has 0 spiro atoms. The number of nitrogens with one attached hydrogen (secondary N) is 1. The largest absolute Gasteiger partial charge is 0.350 e. The molecule has 2 amide bonds. The molecule has 0 heterocycles. The van der Waals surface area contributed by atoms with E-state index in [0.29, 0.717) is 18.5 Å². The quantitative estimate of drug-likeness (QED) is 0.532. The molecule has 0 bridgehead atoms. The molecule has 1 atom stereocenters. The Kier molecular flexibility index (Phi) is 9.49. The first-order valence-corrected chi connectivity index (χ1v) is 13.8. The first kappa shape index (κ1) is 28.4. The highest BCUT2D eigenvalue weighted by molar-refractivity contribution is 7.92. The van der Waals surface area contributed by atoms with Gasteiger partial charge in [0, 0.05) is 12.1 Å². The standard InChI is InChI=1S/C27H39N3O4S/c1-8-21-15-12-13-17-24(21)30(35(7,33)34)19-25(31)29(18-22-16-11-10-14-20(22)3)23(9-2)26(32)28-27(4,5)6/h10-17,23H,8-9,18-19H2,1-7H3,(H,28,32)/t23-/m1/s1. The van der Waals surface area contributed by atoms with Crippen molar-refractivity contribution in [3.63, 3.8) is 0 Å². The number of hydrogen-bond donors (Lipinski definition) is 1. The lowest BCUT2D eigenvalue weighted by atomic mass is 10.0. The summed E-state index contributed by atoms with van der Waals surface area (Å²) in [6, 6.07) is 14.1. The third-order valence-electron chi connectivity index (χ3n) is 5.81. The van der Waals surface area contributed by atoms with Crippen LogP contribution in [-0.2, 0) is 32.6 Å². The van der Waals surface area contributed by atoms with Gasteiger partial charge in [-0.2, -0.15) is 0 Å². The number of rotatable bonds is 10. The van der Waals surface area contributed by atoms with Crippen LogP contribution < -0.4 is 9.62 Å². The van der Waals surface area contributed by atoms with Gasteiger partial charge in [-0.3, -0.25) is 13.9 Å². The number of amides is 2. The van der Waals surface area contributed by atoms with E-state index in [4.69, 9.17) is 0 Å². The molecule has 1 N–H and O–H groups in total. The van der Waals surface area contributed by atoms with Gasteiger partial charge >= 0.3 is 0 Å². The Hall–Kier alpha value is -2.87. The van der Waals surface area contributed by atoms with Crippen LogP contribution >= 0.6 is 0 Å². The number of aryl methyl sites for hydroxylation is 2. The van der Waals surface area contributed by atoms with Gasteiger partial charge in [-0.1, -0.05) is 56.3 Å². The topological polar surface area (TPSA) is 86.8 Å². The minimum atomic E-state index is -3.76. The SMILES string of the molecule is CCc1ccccc1N(CC(=O)N(Cc1ccccc1C)[C@H](CC)C(=O)NC(C)(C)C)S(C)(=O)=O. The molecular weight excluding hydrogens is 462 g/mol. The average Bonchev–Trinajstić information content (AvgIpc) is 2.76. The van der Waals surface area contributed by atoms with E-state index in [1.165, 1.54) is 4.90 Å². The van der Waals surface area contributed by atoms with Crippen LogP contribution in [0, 0.1) is 6.92 Å². The summed E-state index contributed by atoms with van der Waals surface area (Å²) in [5, 5.41) is 2.97. The second-order valence-corrected chi connectivity index (χ2v) is 11.8. The number of anilines is 1. The minimum Gasteiger partial charge on any atom is -0.350 e. The zero-order valence-electron chi connectivity index (χ0n) is 22.0. The van der Waals surface area contributed by atoms with Crippen molar-refractivity contribution in [1.82, 2.24) is 10.2 Å². The van der Waals surface area contributed by atoms with Crippen LogP contribution in [0.25, 0.3) is 0 Å². The molecule has 0 aliphatic carbocycles. The Bertz CT molecular complexity index is 1140. The summed E-state index contributed by atoms with van der Waals surface area (Å²) in [7, 11) is -3.76. The van der Waals surface area contributed by atoms with Gasteiger partial charge < -0.3 is 10.2 Å². The Morgan fingerprint density at radius 1 is 0.971 bits per heavy atom. The number of hydrogen-bond acceptors (Lipinski definition) is 4. The summed E-state index contributed by atoms with van der Waals surface area (Å²) in [5.74, 6) is -0.692. The van der Waals surface area contributed by atoms with E-state index in [9.17, 15) is 18.0 Å². The van der Waals surface area contributed by atoms with Gasteiger partial charge in [-0.25, -0.2) is 8.42 Å². The number of carbonyl (C=O) groups is 2. The zero-order chi connectivity index (χ0) is 26.4. The molecule has 0 fully saturated rings. The molecule has 0 saturated heterocycles. The van der Waals surface area contributed by atoms with Crippen molar-refractivity contribution in [2.24, 2.45) is 0 Å². The fourth-order valence-corrected chi connectivity index (χ4v) is 4.87. The molecule has 0 radical (unpaired) electrons.